The number of ketones is 2. The number of aliphatic hydroxyl groups excluding tert-OH is 2. The van der Waals surface area contributed by atoms with Crippen molar-refractivity contribution >= 4 is 35.8 Å². The number of rotatable bonds is 15. The van der Waals surface area contributed by atoms with Gasteiger partial charge in [-0.25, -0.2) is 17.6 Å². The molecule has 2 aliphatic carbocycles. The molecule has 2 aliphatic heterocycles. The van der Waals surface area contributed by atoms with Gasteiger partial charge >= 0.3 is 0 Å². The van der Waals surface area contributed by atoms with Crippen LogP contribution in [0.3, 0.4) is 0 Å². The number of benzene rings is 3. The number of aryl methyl sites for hydroxylation is 2. The molecule has 14 nitrogen and oxygen atoms in total. The smallest absolute Gasteiger partial charge is 0.274 e. The van der Waals surface area contributed by atoms with Gasteiger partial charge in [-0.15, -0.1) is 12.4 Å². The molecule has 3 N–H and O–H groups in total. The minimum Gasteiger partial charge on any atom is -0.503 e. The van der Waals surface area contributed by atoms with Crippen molar-refractivity contribution in [2.24, 2.45) is 11.8 Å². The molecule has 4 heterocycles. The molecule has 4 aliphatic rings. The molecule has 2 aromatic heterocycles. The van der Waals surface area contributed by atoms with E-state index >= 15 is 0 Å². The van der Waals surface area contributed by atoms with Crippen LogP contribution < -0.4 is 15.6 Å². The number of aliphatic hydroxyl groups is 2. The number of aromatic hydroxyl groups is 1. The van der Waals surface area contributed by atoms with E-state index in [1.807, 2.05) is 58.0 Å². The number of halogens is 5. The first-order chi connectivity index (χ1) is 33.8. The minimum absolute atomic E-state index is 0. The van der Waals surface area contributed by atoms with Gasteiger partial charge in [-0.3, -0.25) is 28.8 Å². The lowest BCUT2D eigenvalue weighted by Gasteiger charge is -2.40. The molecule has 0 unspecified atom stereocenters. The van der Waals surface area contributed by atoms with Gasteiger partial charge in [0.1, 0.15) is 29.9 Å². The summed E-state index contributed by atoms with van der Waals surface area (Å²) in [5, 5.41) is 30.4. The third kappa shape index (κ3) is 10.8. The van der Waals surface area contributed by atoms with Gasteiger partial charge in [-0.2, -0.15) is 0 Å². The Kier molecular flexibility index (Phi) is 18.0. The Balaban J connectivity index is 0.000000268. The molecule has 74 heavy (non-hydrogen) atoms. The van der Waals surface area contributed by atoms with Crippen LogP contribution in [0.5, 0.6) is 11.5 Å². The molecule has 0 bridgehead atoms. The summed E-state index contributed by atoms with van der Waals surface area (Å²) in [4.78, 5) is 82.6. The molecular weight excluding hydrogens is 988 g/mol. The number of carbonyl (C=O) groups is 4. The Hall–Kier alpha value is -6.63. The summed E-state index contributed by atoms with van der Waals surface area (Å²) in [6, 6.07) is 15.0. The molecule has 2 saturated carbocycles. The van der Waals surface area contributed by atoms with Gasteiger partial charge in [0.15, 0.2) is 34.5 Å². The molecule has 2 amide bonds. The monoisotopic (exact) mass is 1050 g/mol. The minimum atomic E-state index is -0.962. The van der Waals surface area contributed by atoms with E-state index in [4.69, 9.17) is 4.74 Å². The zero-order chi connectivity index (χ0) is 51.3. The number of hydrogen-bond donors (Lipinski definition) is 3. The molecule has 19 heteroatoms. The molecule has 398 valence electrons. The maximum atomic E-state index is 14.2. The number of amides is 2. The van der Waals surface area contributed by atoms with Crippen LogP contribution in [0, 0.1) is 35.1 Å². The fraction of sp³-hybridized carbons (Fsp3) is 0.418. The van der Waals surface area contributed by atoms with Crippen LogP contribution >= 0.6 is 12.4 Å². The summed E-state index contributed by atoms with van der Waals surface area (Å²) in [6.45, 7) is 7.78. The zero-order valence-electron chi connectivity index (χ0n) is 40.0. The standard InChI is InChI=1S/C30H30F2N2O5.C23H24F2N2O5.2CH4.ClH/c1-18(2)33-17-30(13-21(30)15-35)34-14-23(25(36)11-9-20-8-10-22(31)12-24(20)32)27(37)28(26(34)29(33)38)39-16-19-6-4-3-5-7-19;1-12(2)26-11-23(8-14(23)10-28)27-9-16(20(30)21(31)19(27)22(26)32)18(29)6-4-13-3-5-15(24)7-17(13)25;;;/h3-8,10,12,14,18,21,35H,9,11,13,15-17H2,1-2H3;3,5,7,9,12,14,28,31H,4,6,8,10-11H2,1-2H3;2*1H4;1H/t21-,30+;14-,23+;;;/m00.../s1. The molecule has 9 rings (SSSR count). The second-order valence-electron chi connectivity index (χ2n) is 19.4. The number of carbonyl (C=O) groups excluding carboxylic acids is 4. The first-order valence-electron chi connectivity index (χ1n) is 23.5. The van der Waals surface area contributed by atoms with Crippen molar-refractivity contribution in [2.75, 3.05) is 26.3 Å². The highest BCUT2D eigenvalue weighted by molar-refractivity contribution is 6.01. The second-order valence-corrected chi connectivity index (χ2v) is 19.4. The Bertz CT molecular complexity index is 3080. The maximum absolute atomic E-state index is 14.2. The van der Waals surface area contributed by atoms with Crippen molar-refractivity contribution in [3.63, 3.8) is 0 Å². The zero-order valence-corrected chi connectivity index (χ0v) is 40.8. The lowest BCUT2D eigenvalue weighted by molar-refractivity contribution is 0.0544. The number of pyridine rings is 2. The first-order valence-corrected chi connectivity index (χ1v) is 23.5. The van der Waals surface area contributed by atoms with Crippen LogP contribution in [0.4, 0.5) is 17.6 Å². The van der Waals surface area contributed by atoms with Crippen molar-refractivity contribution in [3.8, 4) is 11.5 Å². The van der Waals surface area contributed by atoms with Crippen molar-refractivity contribution < 1.29 is 56.8 Å². The highest BCUT2D eigenvalue weighted by Crippen LogP contribution is 2.55. The average Bonchev–Trinajstić information content (AvgIpc) is 4.25. The fourth-order valence-corrected chi connectivity index (χ4v) is 9.95. The van der Waals surface area contributed by atoms with Crippen LogP contribution in [0.15, 0.2) is 88.7 Å². The van der Waals surface area contributed by atoms with E-state index in [1.165, 1.54) is 29.1 Å². The summed E-state index contributed by atoms with van der Waals surface area (Å²) < 4.78 is 63.6. The van der Waals surface area contributed by atoms with Crippen LogP contribution in [0.25, 0.3) is 0 Å². The predicted molar refractivity (Wildman–Crippen MR) is 271 cm³/mol. The number of aromatic nitrogens is 2. The van der Waals surface area contributed by atoms with E-state index in [0.717, 1.165) is 29.8 Å². The summed E-state index contributed by atoms with van der Waals surface area (Å²) in [5.74, 6) is -6.43. The topological polar surface area (TPSA) is 189 Å². The van der Waals surface area contributed by atoms with Gasteiger partial charge in [0.2, 0.25) is 10.9 Å². The predicted octanol–water partition coefficient (Wildman–Crippen LogP) is 8.01. The summed E-state index contributed by atoms with van der Waals surface area (Å²) >= 11 is 0. The highest BCUT2D eigenvalue weighted by atomic mass is 35.5. The lowest BCUT2D eigenvalue weighted by atomic mass is 9.99. The van der Waals surface area contributed by atoms with Crippen molar-refractivity contribution in [1.82, 2.24) is 18.9 Å². The lowest BCUT2D eigenvalue weighted by Crippen LogP contribution is -2.52. The summed E-state index contributed by atoms with van der Waals surface area (Å²) in [5.41, 5.74) is -2.58. The summed E-state index contributed by atoms with van der Waals surface area (Å²) in [6.07, 6.45) is 3.27. The molecule has 0 saturated heterocycles. The van der Waals surface area contributed by atoms with Crippen molar-refractivity contribution in [1.29, 1.82) is 0 Å². The van der Waals surface area contributed by atoms with E-state index in [9.17, 15) is 61.6 Å². The molecule has 4 atom stereocenters. The van der Waals surface area contributed by atoms with Gasteiger partial charge in [-0.1, -0.05) is 57.3 Å². The van der Waals surface area contributed by atoms with E-state index in [1.54, 1.807) is 14.4 Å². The number of fused-ring (bicyclic) bond motifs is 4. The second kappa shape index (κ2) is 22.9. The first kappa shape index (κ1) is 58.3. The van der Waals surface area contributed by atoms with Gasteiger partial charge in [0.25, 0.3) is 11.8 Å². The molecule has 5 aromatic rings. The Labute approximate surface area is 432 Å². The Morgan fingerprint density at radius 2 is 1.09 bits per heavy atom. The van der Waals surface area contributed by atoms with Gasteiger partial charge < -0.3 is 39.0 Å². The SMILES string of the molecule is C.C.CC(C)N1C[C@@]2(C[C@H]2CO)n2cc(C(=O)CCc3ccc(F)cc3F)c(=O)c(O)c2C1=O.CC(C)N1C[C@@]2(C[C@H]2CO)n2cc(C(=O)CCc3ccc(F)cc3F)c(=O)c(OCc3ccccc3)c2C1=O.Cl. The normalized spacial score (nSPS) is 19.9. The van der Waals surface area contributed by atoms with Gasteiger partial charge in [0, 0.05) is 87.6 Å². The van der Waals surface area contributed by atoms with E-state index in [-0.39, 0.29) is 142 Å². The molecule has 2 fully saturated rings. The summed E-state index contributed by atoms with van der Waals surface area (Å²) in [7, 11) is 0. The number of Topliss-reactive ketones (excluding diaryl/α,β-unsaturated/α-hetero) is 2. The van der Waals surface area contributed by atoms with Crippen LogP contribution in [0.2, 0.25) is 0 Å². The van der Waals surface area contributed by atoms with Crippen molar-refractivity contribution in [3.05, 3.63) is 162 Å². The molecule has 0 radical (unpaired) electrons. The number of nitrogens with zero attached hydrogens (tertiary/aromatic N) is 4. The molecular formula is C55H63ClF4N4O10. The van der Waals surface area contributed by atoms with Gasteiger partial charge in [0.05, 0.1) is 22.2 Å². The Morgan fingerprint density at radius 1 is 0.662 bits per heavy atom. The van der Waals surface area contributed by atoms with E-state index in [2.05, 4.69) is 0 Å². The van der Waals surface area contributed by atoms with Crippen LogP contribution in [-0.4, -0.2) is 96.0 Å². The fourth-order valence-electron chi connectivity index (χ4n) is 9.95. The number of hydrogen-bond acceptors (Lipinski definition) is 10. The van der Waals surface area contributed by atoms with Gasteiger partial charge in [-0.05, 0) is 82.2 Å². The van der Waals surface area contributed by atoms with Crippen LogP contribution in [-0.2, 0) is 30.5 Å². The van der Waals surface area contributed by atoms with E-state index in [0.29, 0.717) is 25.9 Å². The third-order valence-corrected chi connectivity index (χ3v) is 14.3. The quantitative estimate of drug-likeness (QED) is 0.0685. The average molecular weight is 1050 g/mol. The maximum Gasteiger partial charge on any atom is 0.274 e. The van der Waals surface area contributed by atoms with E-state index < -0.39 is 68.4 Å². The van der Waals surface area contributed by atoms with Crippen molar-refractivity contribution in [2.45, 2.75) is 111 Å². The Morgan fingerprint density at radius 3 is 1.51 bits per heavy atom. The number of ether oxygens (including phenoxy) is 1. The molecule has 2 spiro atoms. The molecule has 3 aromatic carbocycles. The highest BCUT2D eigenvalue weighted by Gasteiger charge is 2.62. The third-order valence-electron chi connectivity index (χ3n) is 14.3. The van der Waals surface area contributed by atoms with Crippen LogP contribution in [0.1, 0.15) is 127 Å². The largest absolute Gasteiger partial charge is 0.503 e.